The van der Waals surface area contributed by atoms with Crippen LogP contribution >= 0.6 is 0 Å². The third kappa shape index (κ3) is 2.24. The van der Waals surface area contributed by atoms with Crippen LogP contribution in [0.3, 0.4) is 0 Å². The van der Waals surface area contributed by atoms with Gasteiger partial charge in [0.05, 0.1) is 5.92 Å². The van der Waals surface area contributed by atoms with Gasteiger partial charge in [-0.1, -0.05) is 13.3 Å². The van der Waals surface area contributed by atoms with Crippen LogP contribution in [0.25, 0.3) is 0 Å². The zero-order valence-corrected chi connectivity index (χ0v) is 9.51. The van der Waals surface area contributed by atoms with E-state index in [4.69, 9.17) is 0 Å². The van der Waals surface area contributed by atoms with Crippen LogP contribution in [-0.2, 0) is 0 Å². The van der Waals surface area contributed by atoms with Crippen molar-refractivity contribution in [3.63, 3.8) is 0 Å². The van der Waals surface area contributed by atoms with E-state index in [9.17, 15) is 0 Å². The molecule has 16 heavy (non-hydrogen) atoms. The molecule has 0 aromatic carbocycles. The molecule has 1 unspecified atom stereocenters. The molecule has 0 spiro atoms. The van der Waals surface area contributed by atoms with Gasteiger partial charge in [0.15, 0.2) is 0 Å². The van der Waals surface area contributed by atoms with Gasteiger partial charge in [0, 0.05) is 11.9 Å². The summed E-state index contributed by atoms with van der Waals surface area (Å²) < 4.78 is 0. The van der Waals surface area contributed by atoms with Gasteiger partial charge in [0.2, 0.25) is 0 Å². The Hall–Kier alpha value is -1.78. The molecule has 2 aromatic heterocycles. The summed E-state index contributed by atoms with van der Waals surface area (Å²) in [5.41, 5.74) is 1.06. The van der Waals surface area contributed by atoms with Gasteiger partial charge in [-0.25, -0.2) is 19.9 Å². The molecule has 1 atom stereocenters. The van der Waals surface area contributed by atoms with Gasteiger partial charge in [-0.2, -0.15) is 0 Å². The number of nitrogens with one attached hydrogen (secondary N) is 1. The van der Waals surface area contributed by atoms with Crippen LogP contribution in [0.5, 0.6) is 0 Å². The number of nitrogens with zero attached hydrogens (tertiary/aromatic N) is 4. The molecular weight excluding hydrogens is 202 g/mol. The lowest BCUT2D eigenvalue weighted by Gasteiger charge is -2.11. The molecular formula is C11H15N5. The predicted molar refractivity (Wildman–Crippen MR) is 59.9 cm³/mol. The summed E-state index contributed by atoms with van der Waals surface area (Å²) in [6.45, 7) is 4.14. The normalized spacial score (nSPS) is 12.6. The third-order valence-electron chi connectivity index (χ3n) is 2.45. The van der Waals surface area contributed by atoms with Crippen LogP contribution in [0.2, 0.25) is 0 Å². The summed E-state index contributed by atoms with van der Waals surface area (Å²) >= 11 is 0. The van der Waals surface area contributed by atoms with Gasteiger partial charge >= 0.3 is 0 Å². The molecule has 84 valence electrons. The zero-order chi connectivity index (χ0) is 11.4. The maximum Gasteiger partial charge on any atom is 0.142 e. The van der Waals surface area contributed by atoms with Crippen molar-refractivity contribution in [2.45, 2.75) is 32.6 Å². The second-order valence-electron chi connectivity index (χ2n) is 3.79. The summed E-state index contributed by atoms with van der Waals surface area (Å²) in [4.78, 5) is 19.8. The Labute approximate surface area is 94.4 Å². The maximum atomic E-state index is 4.36. The highest BCUT2D eigenvalue weighted by molar-refractivity contribution is 5.12. The monoisotopic (exact) mass is 217 g/mol. The molecule has 0 saturated heterocycles. The SMILES string of the molecule is CCCC(c1ncncn1)c1ncc(C)[nH]1. The Bertz CT molecular complexity index is 437. The molecule has 2 aromatic rings. The van der Waals surface area contributed by atoms with Gasteiger partial charge in [0.1, 0.15) is 24.3 Å². The molecule has 0 amide bonds. The first-order valence-electron chi connectivity index (χ1n) is 5.44. The molecule has 0 radical (unpaired) electrons. The fourth-order valence-corrected chi connectivity index (χ4v) is 1.71. The van der Waals surface area contributed by atoms with Crippen molar-refractivity contribution in [1.29, 1.82) is 0 Å². The molecule has 0 saturated carbocycles. The van der Waals surface area contributed by atoms with E-state index in [1.54, 1.807) is 0 Å². The summed E-state index contributed by atoms with van der Waals surface area (Å²) in [6.07, 6.45) is 6.94. The highest BCUT2D eigenvalue weighted by Crippen LogP contribution is 2.23. The minimum absolute atomic E-state index is 0.140. The quantitative estimate of drug-likeness (QED) is 0.848. The van der Waals surface area contributed by atoms with Crippen LogP contribution < -0.4 is 0 Å². The fraction of sp³-hybridized carbons (Fsp3) is 0.455. The van der Waals surface area contributed by atoms with Crippen LogP contribution in [0.1, 0.15) is 43.0 Å². The number of aryl methyl sites for hydroxylation is 1. The number of H-pyrrole nitrogens is 1. The predicted octanol–water partition coefficient (Wildman–Crippen LogP) is 1.84. The Kier molecular flexibility index (Phi) is 3.24. The molecule has 0 aliphatic rings. The molecule has 2 heterocycles. The van der Waals surface area contributed by atoms with E-state index in [1.807, 2.05) is 13.1 Å². The van der Waals surface area contributed by atoms with Crippen LogP contribution in [0, 0.1) is 6.92 Å². The lowest BCUT2D eigenvalue weighted by atomic mass is 10.0. The lowest BCUT2D eigenvalue weighted by Crippen LogP contribution is -2.08. The average molecular weight is 217 g/mol. The van der Waals surface area contributed by atoms with E-state index in [-0.39, 0.29) is 5.92 Å². The summed E-state index contributed by atoms with van der Waals surface area (Å²) in [7, 11) is 0. The minimum atomic E-state index is 0.140. The third-order valence-corrected chi connectivity index (χ3v) is 2.45. The van der Waals surface area contributed by atoms with Gasteiger partial charge in [-0.15, -0.1) is 0 Å². The van der Waals surface area contributed by atoms with Crippen molar-refractivity contribution in [3.05, 3.63) is 36.2 Å². The molecule has 0 aliphatic carbocycles. The highest BCUT2D eigenvalue weighted by atomic mass is 15.0. The maximum absolute atomic E-state index is 4.36. The van der Waals surface area contributed by atoms with E-state index in [2.05, 4.69) is 31.8 Å². The standard InChI is InChI=1S/C11H15N5/c1-3-4-9(10-14-6-12-7-15-10)11-13-5-8(2)16-11/h5-7,9H,3-4H2,1-2H3,(H,13,16). The van der Waals surface area contributed by atoms with Crippen molar-refractivity contribution in [2.75, 3.05) is 0 Å². The topological polar surface area (TPSA) is 67.3 Å². The molecule has 0 bridgehead atoms. The number of imidazole rings is 1. The molecule has 2 rings (SSSR count). The van der Waals surface area contributed by atoms with Gasteiger partial charge in [0.25, 0.3) is 0 Å². The fourth-order valence-electron chi connectivity index (χ4n) is 1.71. The second kappa shape index (κ2) is 4.83. The van der Waals surface area contributed by atoms with Crippen molar-refractivity contribution >= 4 is 0 Å². The summed E-state index contributed by atoms with van der Waals surface area (Å²) in [5, 5.41) is 0. The van der Waals surface area contributed by atoms with E-state index < -0.39 is 0 Å². The van der Waals surface area contributed by atoms with Crippen molar-refractivity contribution in [1.82, 2.24) is 24.9 Å². The van der Waals surface area contributed by atoms with Gasteiger partial charge < -0.3 is 4.98 Å². The minimum Gasteiger partial charge on any atom is -0.346 e. The van der Waals surface area contributed by atoms with Crippen molar-refractivity contribution in [3.8, 4) is 0 Å². The number of aromatic amines is 1. The second-order valence-corrected chi connectivity index (χ2v) is 3.79. The first-order valence-corrected chi connectivity index (χ1v) is 5.44. The van der Waals surface area contributed by atoms with E-state index in [0.717, 1.165) is 30.2 Å². The van der Waals surface area contributed by atoms with E-state index >= 15 is 0 Å². The number of hydrogen-bond acceptors (Lipinski definition) is 4. The molecule has 5 heteroatoms. The largest absolute Gasteiger partial charge is 0.346 e. The first kappa shape index (κ1) is 10.7. The number of rotatable bonds is 4. The average Bonchev–Trinajstić information content (AvgIpc) is 2.74. The van der Waals surface area contributed by atoms with Crippen LogP contribution in [-0.4, -0.2) is 24.9 Å². The van der Waals surface area contributed by atoms with Gasteiger partial charge in [-0.05, 0) is 13.3 Å². The Morgan fingerprint density at radius 3 is 2.56 bits per heavy atom. The number of aromatic nitrogens is 5. The Morgan fingerprint density at radius 2 is 2.00 bits per heavy atom. The lowest BCUT2D eigenvalue weighted by molar-refractivity contribution is 0.625. The Morgan fingerprint density at radius 1 is 1.25 bits per heavy atom. The molecule has 1 N–H and O–H groups in total. The van der Waals surface area contributed by atoms with Crippen molar-refractivity contribution in [2.24, 2.45) is 0 Å². The molecule has 0 aliphatic heterocycles. The highest BCUT2D eigenvalue weighted by Gasteiger charge is 2.18. The zero-order valence-electron chi connectivity index (χ0n) is 9.51. The van der Waals surface area contributed by atoms with Crippen LogP contribution in [0.4, 0.5) is 0 Å². The Balaban J connectivity index is 2.31. The van der Waals surface area contributed by atoms with E-state index in [0.29, 0.717) is 0 Å². The molecule has 0 fully saturated rings. The van der Waals surface area contributed by atoms with E-state index in [1.165, 1.54) is 12.7 Å². The summed E-state index contributed by atoms with van der Waals surface area (Å²) in [5.74, 6) is 1.86. The van der Waals surface area contributed by atoms with Crippen molar-refractivity contribution < 1.29 is 0 Å². The summed E-state index contributed by atoms with van der Waals surface area (Å²) in [6, 6.07) is 0. The smallest absolute Gasteiger partial charge is 0.142 e. The molecule has 5 nitrogen and oxygen atoms in total. The number of hydrogen-bond donors (Lipinski definition) is 1. The first-order chi connectivity index (χ1) is 7.81. The van der Waals surface area contributed by atoms with Crippen LogP contribution in [0.15, 0.2) is 18.9 Å². The van der Waals surface area contributed by atoms with Gasteiger partial charge in [-0.3, -0.25) is 0 Å².